The highest BCUT2D eigenvalue weighted by Crippen LogP contribution is 2.30. The molecule has 2 heterocycles. The van der Waals surface area contributed by atoms with Gasteiger partial charge in [-0.2, -0.15) is 0 Å². The number of carbonyl (C=O) groups excluding carboxylic acids is 2. The number of thiophene rings is 1. The number of rotatable bonds is 7. The highest BCUT2D eigenvalue weighted by Gasteiger charge is 2.31. The monoisotopic (exact) mass is 541 g/mol. The maximum atomic E-state index is 14.4. The average molecular weight is 542 g/mol. The molecule has 192 valence electrons. The maximum Gasteiger partial charge on any atom is 0.261 e. The molecule has 0 spiro atoms. The van der Waals surface area contributed by atoms with E-state index in [9.17, 15) is 27.6 Å². The van der Waals surface area contributed by atoms with Crippen molar-refractivity contribution in [2.75, 3.05) is 11.9 Å². The summed E-state index contributed by atoms with van der Waals surface area (Å²) in [4.78, 5) is 35.0. The fourth-order valence-electron chi connectivity index (χ4n) is 3.62. The fourth-order valence-corrected chi connectivity index (χ4v) is 4.51. The van der Waals surface area contributed by atoms with Crippen LogP contribution in [-0.4, -0.2) is 35.5 Å². The number of primary amides is 1. The molecule has 1 saturated carbocycles. The molecule has 0 bridgehead atoms. The van der Waals surface area contributed by atoms with Gasteiger partial charge < -0.3 is 15.8 Å². The topological polar surface area (TPSA) is 103 Å². The van der Waals surface area contributed by atoms with E-state index in [1.807, 2.05) is 0 Å². The summed E-state index contributed by atoms with van der Waals surface area (Å²) in [5.74, 6) is -1.88. The molecular weight excluding hydrogens is 519 g/mol. The first-order valence-electron chi connectivity index (χ1n) is 10.9. The second-order valence-electron chi connectivity index (χ2n) is 7.89. The summed E-state index contributed by atoms with van der Waals surface area (Å²) >= 11 is 6.70. The number of anilines is 1. The van der Waals surface area contributed by atoms with E-state index in [0.717, 1.165) is 0 Å². The summed E-state index contributed by atoms with van der Waals surface area (Å²) in [6, 6.07) is 11.9. The molecule has 1 fully saturated rings. The standard InChI is InChI=1S/C19H19F3N2O3.C5H4ClNOS/c20-15-10-13(24-8-2-1-3-18(24)25)5-7-16(15)23-19(26)12-4-6-14(9-12)27-11-17(21)22;6-4-2-1-3(9-4)5(7)8/h1-3,5,7-8,10,12,14,17H,4,6,9,11H2,(H,23,26);1-2H,(H2,7,8). The second kappa shape index (κ2) is 12.7. The van der Waals surface area contributed by atoms with Crippen LogP contribution in [0.25, 0.3) is 5.69 Å². The molecule has 2 amide bonds. The van der Waals surface area contributed by atoms with Crippen molar-refractivity contribution in [3.63, 3.8) is 0 Å². The summed E-state index contributed by atoms with van der Waals surface area (Å²) in [5, 5.41) is 2.53. The molecule has 4 rings (SSSR count). The van der Waals surface area contributed by atoms with E-state index in [4.69, 9.17) is 22.1 Å². The van der Waals surface area contributed by atoms with Crippen molar-refractivity contribution in [1.29, 1.82) is 0 Å². The predicted octanol–water partition coefficient (Wildman–Crippen LogP) is 4.87. The molecule has 0 saturated heterocycles. The molecule has 36 heavy (non-hydrogen) atoms. The number of pyridine rings is 1. The molecule has 2 unspecified atom stereocenters. The van der Waals surface area contributed by atoms with Crippen LogP contribution in [0.4, 0.5) is 18.9 Å². The van der Waals surface area contributed by atoms with Crippen LogP contribution in [0.15, 0.2) is 59.5 Å². The molecule has 1 aliphatic carbocycles. The molecule has 1 aliphatic rings. The number of amides is 2. The molecule has 3 aromatic rings. The van der Waals surface area contributed by atoms with Crippen LogP contribution in [0.5, 0.6) is 0 Å². The highest BCUT2D eigenvalue weighted by molar-refractivity contribution is 7.17. The van der Waals surface area contributed by atoms with Crippen molar-refractivity contribution in [3.8, 4) is 5.69 Å². The lowest BCUT2D eigenvalue weighted by molar-refractivity contribution is -0.120. The van der Waals surface area contributed by atoms with Crippen LogP contribution in [0, 0.1) is 11.7 Å². The summed E-state index contributed by atoms with van der Waals surface area (Å²) in [5.41, 5.74) is 4.99. The number of halogens is 4. The third kappa shape index (κ3) is 7.67. The van der Waals surface area contributed by atoms with Crippen molar-refractivity contribution in [2.24, 2.45) is 11.7 Å². The molecule has 0 aliphatic heterocycles. The average Bonchev–Trinajstić information content (AvgIpc) is 3.49. The number of nitrogens with one attached hydrogen (secondary N) is 1. The Morgan fingerprint density at radius 3 is 2.56 bits per heavy atom. The Labute approximate surface area is 213 Å². The van der Waals surface area contributed by atoms with Gasteiger partial charge in [0.1, 0.15) is 12.4 Å². The van der Waals surface area contributed by atoms with Crippen LogP contribution in [0.2, 0.25) is 4.34 Å². The van der Waals surface area contributed by atoms with Crippen molar-refractivity contribution >= 4 is 40.4 Å². The van der Waals surface area contributed by atoms with Gasteiger partial charge in [0.15, 0.2) is 0 Å². The second-order valence-corrected chi connectivity index (χ2v) is 9.60. The first-order valence-corrected chi connectivity index (χ1v) is 12.1. The number of benzene rings is 1. The lowest BCUT2D eigenvalue weighted by atomic mass is 10.1. The first-order chi connectivity index (χ1) is 17.1. The Kier molecular flexibility index (Phi) is 9.68. The fraction of sp³-hybridized carbons (Fsp3) is 0.292. The minimum Gasteiger partial charge on any atom is -0.372 e. The first kappa shape index (κ1) is 27.4. The van der Waals surface area contributed by atoms with Crippen LogP contribution < -0.4 is 16.6 Å². The van der Waals surface area contributed by atoms with Crippen LogP contribution in [0.3, 0.4) is 0 Å². The Hall–Kier alpha value is -3.15. The number of nitrogens with zero attached hydrogens (tertiary/aromatic N) is 1. The molecule has 2 atom stereocenters. The Balaban J connectivity index is 0.000000338. The van der Waals surface area contributed by atoms with E-state index < -0.39 is 30.7 Å². The van der Waals surface area contributed by atoms with E-state index >= 15 is 0 Å². The van der Waals surface area contributed by atoms with Gasteiger partial charge in [-0.3, -0.25) is 19.0 Å². The lowest BCUT2D eigenvalue weighted by Gasteiger charge is -2.14. The van der Waals surface area contributed by atoms with Crippen LogP contribution in [0.1, 0.15) is 28.9 Å². The molecular formula is C24H23ClF3N3O4S. The zero-order chi connectivity index (χ0) is 26.2. The Morgan fingerprint density at radius 2 is 1.97 bits per heavy atom. The minimum atomic E-state index is -2.54. The number of hydrogen-bond acceptors (Lipinski definition) is 5. The molecule has 7 nitrogen and oxygen atoms in total. The molecule has 3 N–H and O–H groups in total. The lowest BCUT2D eigenvalue weighted by Crippen LogP contribution is -2.23. The van der Waals surface area contributed by atoms with Crippen LogP contribution in [-0.2, 0) is 9.53 Å². The van der Waals surface area contributed by atoms with E-state index in [2.05, 4.69) is 5.32 Å². The van der Waals surface area contributed by atoms with Gasteiger partial charge in [0, 0.05) is 24.2 Å². The molecule has 2 aromatic heterocycles. The molecule has 12 heteroatoms. The van der Waals surface area contributed by atoms with Crippen molar-refractivity contribution < 1.29 is 27.5 Å². The third-order valence-electron chi connectivity index (χ3n) is 5.34. The quantitative estimate of drug-likeness (QED) is 0.445. The SMILES string of the molecule is NC(=O)c1ccc(Cl)s1.O=C(Nc1ccc(-n2ccccc2=O)cc1F)C1CCC(OCC(F)F)C1. The number of hydrogen-bond donors (Lipinski definition) is 2. The summed E-state index contributed by atoms with van der Waals surface area (Å²) < 4.78 is 45.7. The maximum absolute atomic E-state index is 14.4. The highest BCUT2D eigenvalue weighted by atomic mass is 35.5. The van der Waals surface area contributed by atoms with Gasteiger partial charge in [0.25, 0.3) is 17.9 Å². The van der Waals surface area contributed by atoms with E-state index in [1.54, 1.807) is 24.3 Å². The van der Waals surface area contributed by atoms with Gasteiger partial charge in [0.05, 0.1) is 26.7 Å². The summed E-state index contributed by atoms with van der Waals surface area (Å²) in [7, 11) is 0. The zero-order valence-corrected chi connectivity index (χ0v) is 20.4. The normalized spacial score (nSPS) is 16.9. The van der Waals surface area contributed by atoms with Gasteiger partial charge in [-0.15, -0.1) is 11.3 Å². The largest absolute Gasteiger partial charge is 0.372 e. The van der Waals surface area contributed by atoms with Gasteiger partial charge >= 0.3 is 0 Å². The Bertz CT molecular complexity index is 1270. The zero-order valence-electron chi connectivity index (χ0n) is 18.8. The van der Waals surface area contributed by atoms with Crippen molar-refractivity contribution in [1.82, 2.24) is 4.57 Å². The van der Waals surface area contributed by atoms with E-state index in [1.165, 1.54) is 46.4 Å². The van der Waals surface area contributed by atoms with Crippen molar-refractivity contribution in [3.05, 3.63) is 80.1 Å². The minimum absolute atomic E-state index is 0.00433. The number of ether oxygens (including phenoxy) is 1. The third-order valence-corrected chi connectivity index (χ3v) is 6.59. The van der Waals surface area contributed by atoms with Gasteiger partial charge in [0.2, 0.25) is 5.91 Å². The van der Waals surface area contributed by atoms with Gasteiger partial charge in [-0.25, -0.2) is 13.2 Å². The number of alkyl halides is 2. The molecule has 1 aromatic carbocycles. The predicted molar refractivity (Wildman–Crippen MR) is 132 cm³/mol. The smallest absolute Gasteiger partial charge is 0.261 e. The van der Waals surface area contributed by atoms with Gasteiger partial charge in [-0.1, -0.05) is 17.7 Å². The summed E-state index contributed by atoms with van der Waals surface area (Å²) in [6.45, 7) is -0.645. The number of carbonyl (C=O) groups is 2. The van der Waals surface area contributed by atoms with Crippen LogP contribution >= 0.6 is 22.9 Å². The van der Waals surface area contributed by atoms with Crippen molar-refractivity contribution in [2.45, 2.75) is 31.8 Å². The number of nitrogens with two attached hydrogens (primary N) is 1. The Morgan fingerprint density at radius 1 is 1.19 bits per heavy atom. The van der Waals surface area contributed by atoms with E-state index in [-0.39, 0.29) is 23.3 Å². The molecule has 0 radical (unpaired) electrons. The number of aromatic nitrogens is 1. The summed E-state index contributed by atoms with van der Waals surface area (Å²) in [6.07, 6.45) is -0.0536. The van der Waals surface area contributed by atoms with E-state index in [0.29, 0.717) is 34.2 Å². The van der Waals surface area contributed by atoms with Gasteiger partial charge in [-0.05, 0) is 49.6 Å².